The quantitative estimate of drug-likeness (QED) is 0.665. The minimum atomic E-state index is -0.230. The van der Waals surface area contributed by atoms with Crippen LogP contribution in [-0.4, -0.2) is 17.1 Å². The maximum absolute atomic E-state index is 13.5. The standard InChI is InChI=1S/C25H28FNO2/c1-14-10-22-23(15(2)29-25(22)28)24-17(7-9-21(14)24)12-20-8-6-18(13-27-20)16-4-3-5-19(26)11-16/h3-6,8,11,13-15,17,21-24H,7,9-10,12H2,1-2H3/t14-,15+,17-,21+,22+,23+,24-/m0/s1. The SMILES string of the molecule is C[C@H]1C[C@H]2C(=O)O[C@H](C)[C@H]2[C@H]2[C@H](Cc3ccc(-c4cccc(F)c4)cn3)CC[C@@H]21. The van der Waals surface area contributed by atoms with Crippen LogP contribution in [0.25, 0.3) is 11.1 Å². The Kier molecular flexibility index (Phi) is 4.68. The van der Waals surface area contributed by atoms with E-state index in [1.807, 2.05) is 18.3 Å². The third-order valence-electron chi connectivity index (χ3n) is 7.78. The van der Waals surface area contributed by atoms with Crippen molar-refractivity contribution in [2.75, 3.05) is 0 Å². The van der Waals surface area contributed by atoms with Crippen LogP contribution < -0.4 is 0 Å². The van der Waals surface area contributed by atoms with E-state index in [2.05, 4.69) is 19.9 Å². The average molecular weight is 394 g/mol. The van der Waals surface area contributed by atoms with E-state index in [1.54, 1.807) is 12.1 Å². The fraction of sp³-hybridized carbons (Fsp3) is 0.520. The van der Waals surface area contributed by atoms with Crippen molar-refractivity contribution in [1.82, 2.24) is 4.98 Å². The third-order valence-corrected chi connectivity index (χ3v) is 7.78. The monoisotopic (exact) mass is 393 g/mol. The van der Waals surface area contributed by atoms with Gasteiger partial charge in [0.25, 0.3) is 0 Å². The molecule has 3 aliphatic rings. The van der Waals surface area contributed by atoms with Gasteiger partial charge in [-0.1, -0.05) is 25.1 Å². The lowest BCUT2D eigenvalue weighted by Crippen LogP contribution is -2.41. The van der Waals surface area contributed by atoms with E-state index in [0.717, 1.165) is 29.7 Å². The van der Waals surface area contributed by atoms with Crippen LogP contribution in [0.1, 0.15) is 38.8 Å². The molecule has 0 radical (unpaired) electrons. The van der Waals surface area contributed by atoms with Gasteiger partial charge in [-0.05, 0) is 80.0 Å². The van der Waals surface area contributed by atoms with Crippen molar-refractivity contribution in [3.8, 4) is 11.1 Å². The van der Waals surface area contributed by atoms with E-state index < -0.39 is 0 Å². The van der Waals surface area contributed by atoms with Crippen LogP contribution in [0.15, 0.2) is 42.6 Å². The van der Waals surface area contributed by atoms with Crippen LogP contribution in [0.2, 0.25) is 0 Å². The molecular weight excluding hydrogens is 365 g/mol. The first-order valence-electron chi connectivity index (χ1n) is 10.9. The number of aromatic nitrogens is 1. The summed E-state index contributed by atoms with van der Waals surface area (Å²) in [7, 11) is 0. The van der Waals surface area contributed by atoms with Gasteiger partial charge in [-0.15, -0.1) is 0 Å². The predicted octanol–water partition coefficient (Wildman–Crippen LogP) is 5.29. The van der Waals surface area contributed by atoms with Gasteiger partial charge in [0.2, 0.25) is 0 Å². The Hall–Kier alpha value is -2.23. The summed E-state index contributed by atoms with van der Waals surface area (Å²) in [6, 6.07) is 10.8. The van der Waals surface area contributed by atoms with Gasteiger partial charge in [-0.25, -0.2) is 4.39 Å². The first-order valence-corrected chi connectivity index (χ1v) is 10.9. The summed E-state index contributed by atoms with van der Waals surface area (Å²) >= 11 is 0. The Bertz CT molecular complexity index is 911. The minimum Gasteiger partial charge on any atom is -0.462 e. The number of esters is 1. The van der Waals surface area contributed by atoms with Crippen LogP contribution in [0.5, 0.6) is 0 Å². The molecule has 0 amide bonds. The van der Waals surface area contributed by atoms with Crippen molar-refractivity contribution >= 4 is 5.97 Å². The molecule has 0 bridgehead atoms. The second-order valence-corrected chi connectivity index (χ2v) is 9.37. The summed E-state index contributed by atoms with van der Waals surface area (Å²) in [6.07, 6.45) is 6.28. The predicted molar refractivity (Wildman–Crippen MR) is 109 cm³/mol. The van der Waals surface area contributed by atoms with Crippen LogP contribution in [0, 0.1) is 41.3 Å². The Morgan fingerprint density at radius 3 is 2.72 bits per heavy atom. The second kappa shape index (κ2) is 7.23. The van der Waals surface area contributed by atoms with Gasteiger partial charge in [-0.3, -0.25) is 9.78 Å². The van der Waals surface area contributed by atoms with E-state index in [9.17, 15) is 9.18 Å². The summed E-state index contributed by atoms with van der Waals surface area (Å²) in [5.74, 6) is 2.64. The maximum atomic E-state index is 13.5. The molecule has 4 heteroatoms. The molecule has 0 N–H and O–H groups in total. The largest absolute Gasteiger partial charge is 0.462 e. The normalized spacial score (nSPS) is 35.8. The zero-order valence-electron chi connectivity index (χ0n) is 17.1. The highest BCUT2D eigenvalue weighted by Crippen LogP contribution is 2.57. The van der Waals surface area contributed by atoms with Crippen molar-refractivity contribution in [1.29, 1.82) is 0 Å². The Morgan fingerprint density at radius 2 is 1.97 bits per heavy atom. The van der Waals surface area contributed by atoms with Gasteiger partial charge in [0.05, 0.1) is 5.92 Å². The van der Waals surface area contributed by atoms with Crippen LogP contribution in [-0.2, 0) is 16.0 Å². The number of ether oxygens (including phenoxy) is 1. The topological polar surface area (TPSA) is 39.2 Å². The number of nitrogens with zero attached hydrogens (tertiary/aromatic N) is 1. The van der Waals surface area contributed by atoms with Gasteiger partial charge >= 0.3 is 5.97 Å². The number of hydrogen-bond acceptors (Lipinski definition) is 3. The summed E-state index contributed by atoms with van der Waals surface area (Å²) in [5.41, 5.74) is 2.88. The number of hydrogen-bond donors (Lipinski definition) is 0. The Morgan fingerprint density at radius 1 is 1.10 bits per heavy atom. The van der Waals surface area contributed by atoms with E-state index in [-0.39, 0.29) is 23.8 Å². The zero-order valence-corrected chi connectivity index (χ0v) is 17.1. The highest BCUT2D eigenvalue weighted by Gasteiger charge is 2.57. The number of pyridine rings is 1. The fourth-order valence-electron chi connectivity index (χ4n) is 6.54. The first-order chi connectivity index (χ1) is 14.0. The molecule has 1 saturated heterocycles. The highest BCUT2D eigenvalue weighted by molar-refractivity contribution is 5.75. The number of benzene rings is 1. The number of rotatable bonds is 3. The Labute approximate surface area is 171 Å². The average Bonchev–Trinajstić information content (AvgIpc) is 3.24. The van der Waals surface area contributed by atoms with E-state index in [0.29, 0.717) is 29.6 Å². The lowest BCUT2D eigenvalue weighted by atomic mass is 9.61. The molecule has 7 atom stereocenters. The molecule has 2 heterocycles. The van der Waals surface area contributed by atoms with E-state index in [4.69, 9.17) is 9.72 Å². The smallest absolute Gasteiger partial charge is 0.309 e. The summed E-state index contributed by atoms with van der Waals surface area (Å²) in [4.78, 5) is 17.1. The number of carbonyl (C=O) groups excluding carboxylic acids is 1. The molecule has 1 aromatic carbocycles. The van der Waals surface area contributed by atoms with Crippen LogP contribution >= 0.6 is 0 Å². The third kappa shape index (κ3) is 3.27. The van der Waals surface area contributed by atoms with Gasteiger partial charge in [0, 0.05) is 23.4 Å². The molecule has 1 aliphatic heterocycles. The lowest BCUT2D eigenvalue weighted by Gasteiger charge is -2.42. The van der Waals surface area contributed by atoms with E-state index >= 15 is 0 Å². The van der Waals surface area contributed by atoms with Gasteiger partial charge in [0.1, 0.15) is 11.9 Å². The highest BCUT2D eigenvalue weighted by atomic mass is 19.1. The summed E-state index contributed by atoms with van der Waals surface area (Å²) in [6.45, 7) is 4.40. The molecule has 2 saturated carbocycles. The van der Waals surface area contributed by atoms with Crippen molar-refractivity contribution in [3.63, 3.8) is 0 Å². The van der Waals surface area contributed by atoms with Crippen molar-refractivity contribution in [2.45, 2.75) is 45.6 Å². The molecule has 1 aromatic heterocycles. The Balaban J connectivity index is 1.36. The van der Waals surface area contributed by atoms with Gasteiger partial charge in [-0.2, -0.15) is 0 Å². The van der Waals surface area contributed by atoms with E-state index in [1.165, 1.54) is 18.9 Å². The maximum Gasteiger partial charge on any atom is 0.309 e. The number of fused-ring (bicyclic) bond motifs is 3. The molecule has 0 unspecified atom stereocenters. The molecule has 29 heavy (non-hydrogen) atoms. The van der Waals surface area contributed by atoms with Crippen LogP contribution in [0.4, 0.5) is 4.39 Å². The minimum absolute atomic E-state index is 0.0241. The van der Waals surface area contributed by atoms with Crippen molar-refractivity contribution in [3.05, 3.63) is 54.1 Å². The zero-order chi connectivity index (χ0) is 20.1. The molecule has 0 spiro atoms. The molecule has 3 fully saturated rings. The van der Waals surface area contributed by atoms with Gasteiger partial charge in [0.15, 0.2) is 0 Å². The van der Waals surface area contributed by atoms with Crippen molar-refractivity contribution in [2.24, 2.45) is 35.5 Å². The fourth-order valence-corrected chi connectivity index (χ4v) is 6.54. The molecule has 152 valence electrons. The van der Waals surface area contributed by atoms with Crippen molar-refractivity contribution < 1.29 is 13.9 Å². The summed E-state index contributed by atoms with van der Waals surface area (Å²) in [5, 5.41) is 0. The molecule has 5 rings (SSSR count). The number of cyclic esters (lactones) is 1. The number of carbonyl (C=O) groups is 1. The number of halogens is 1. The second-order valence-electron chi connectivity index (χ2n) is 9.37. The molecular formula is C25H28FNO2. The van der Waals surface area contributed by atoms with Crippen LogP contribution in [0.3, 0.4) is 0 Å². The molecule has 2 aliphatic carbocycles. The summed E-state index contributed by atoms with van der Waals surface area (Å²) < 4.78 is 19.2. The first kappa shape index (κ1) is 18.8. The molecule has 2 aromatic rings. The lowest BCUT2D eigenvalue weighted by molar-refractivity contribution is -0.144. The van der Waals surface area contributed by atoms with Gasteiger partial charge < -0.3 is 4.74 Å². The molecule has 3 nitrogen and oxygen atoms in total.